The van der Waals surface area contributed by atoms with Gasteiger partial charge in [-0.15, -0.1) is 11.3 Å². The Hall–Kier alpha value is -1.82. The second kappa shape index (κ2) is 9.18. The highest BCUT2D eigenvalue weighted by Gasteiger charge is 2.21. The van der Waals surface area contributed by atoms with E-state index >= 15 is 0 Å². The minimum absolute atomic E-state index is 0.160. The fraction of sp³-hybridized carbons (Fsp3) is 0.538. The Morgan fingerprint density at radius 2 is 2.14 bits per heavy atom. The summed E-state index contributed by atoms with van der Waals surface area (Å²) in [7, 11) is 2.90. The Morgan fingerprint density at radius 3 is 2.76 bits per heavy atom. The number of anilines is 2. The Kier molecular flexibility index (Phi) is 7.53. The van der Waals surface area contributed by atoms with Crippen molar-refractivity contribution in [3.8, 4) is 6.07 Å². The lowest BCUT2D eigenvalue weighted by Gasteiger charge is -2.05. The summed E-state index contributed by atoms with van der Waals surface area (Å²) in [5, 5.41) is 12.8. The van der Waals surface area contributed by atoms with Crippen molar-refractivity contribution in [1.82, 2.24) is 0 Å². The van der Waals surface area contributed by atoms with Crippen molar-refractivity contribution >= 4 is 28.0 Å². The zero-order chi connectivity index (χ0) is 15.7. The third-order valence-electron chi connectivity index (χ3n) is 2.61. The Balaban J connectivity index is 2.52. The molecule has 0 aromatic carbocycles. The van der Waals surface area contributed by atoms with Crippen LogP contribution in [0.1, 0.15) is 21.7 Å². The first-order chi connectivity index (χ1) is 10.2. The summed E-state index contributed by atoms with van der Waals surface area (Å²) in [6.45, 7) is 2.32. The standard InChI is InChI=1S/C13H19N3O4S/c1-18-6-7-20-5-3-4-16-12-9(8-14)10(15)11(21-12)13(17)19-2/h16H,3-7,15H2,1-2H3. The molecule has 0 amide bonds. The molecule has 1 rings (SSSR count). The average Bonchev–Trinajstić information content (AvgIpc) is 2.81. The molecule has 0 aliphatic heterocycles. The fourth-order valence-corrected chi connectivity index (χ4v) is 2.56. The molecule has 1 heterocycles. The van der Waals surface area contributed by atoms with Gasteiger partial charge >= 0.3 is 5.97 Å². The maximum absolute atomic E-state index is 11.5. The predicted octanol–water partition coefficient (Wildman–Crippen LogP) is 1.45. The molecule has 1 aromatic rings. The van der Waals surface area contributed by atoms with E-state index in [2.05, 4.69) is 10.1 Å². The van der Waals surface area contributed by atoms with Crippen LogP contribution in [0.3, 0.4) is 0 Å². The van der Waals surface area contributed by atoms with Gasteiger partial charge in [0, 0.05) is 20.3 Å². The number of rotatable bonds is 9. The lowest BCUT2D eigenvalue weighted by Crippen LogP contribution is -2.08. The number of hydrogen-bond donors (Lipinski definition) is 2. The van der Waals surface area contributed by atoms with Gasteiger partial charge in [0.15, 0.2) is 0 Å². The molecule has 8 heteroatoms. The monoisotopic (exact) mass is 313 g/mol. The number of carbonyl (C=O) groups is 1. The number of nitrogens with one attached hydrogen (secondary N) is 1. The van der Waals surface area contributed by atoms with Crippen molar-refractivity contribution in [2.45, 2.75) is 6.42 Å². The molecular weight excluding hydrogens is 294 g/mol. The van der Waals surface area contributed by atoms with Gasteiger partial charge < -0.3 is 25.3 Å². The van der Waals surface area contributed by atoms with E-state index in [1.54, 1.807) is 7.11 Å². The number of carbonyl (C=O) groups excluding carboxylic acids is 1. The quantitative estimate of drug-likeness (QED) is 0.525. The molecule has 0 atom stereocenters. The van der Waals surface area contributed by atoms with Crippen LogP contribution in [-0.4, -0.2) is 46.6 Å². The second-order valence-electron chi connectivity index (χ2n) is 4.04. The normalized spacial score (nSPS) is 10.1. The highest BCUT2D eigenvalue weighted by atomic mass is 32.1. The van der Waals surface area contributed by atoms with Gasteiger partial charge in [0.2, 0.25) is 0 Å². The summed E-state index contributed by atoms with van der Waals surface area (Å²) in [6, 6.07) is 2.00. The number of thiophene rings is 1. The topological polar surface area (TPSA) is 107 Å². The van der Waals surface area contributed by atoms with Crippen LogP contribution in [0.5, 0.6) is 0 Å². The Morgan fingerprint density at radius 1 is 1.38 bits per heavy atom. The molecule has 0 fully saturated rings. The molecule has 1 aromatic heterocycles. The van der Waals surface area contributed by atoms with Crippen molar-refractivity contribution in [3.05, 3.63) is 10.4 Å². The largest absolute Gasteiger partial charge is 0.465 e. The fourth-order valence-electron chi connectivity index (χ4n) is 1.54. The van der Waals surface area contributed by atoms with Crippen LogP contribution < -0.4 is 11.1 Å². The number of nitrogens with two attached hydrogens (primary N) is 1. The first-order valence-corrected chi connectivity index (χ1v) is 7.18. The molecule has 0 radical (unpaired) electrons. The molecule has 0 unspecified atom stereocenters. The lowest BCUT2D eigenvalue weighted by molar-refractivity contribution is 0.0607. The molecule has 0 spiro atoms. The van der Waals surface area contributed by atoms with E-state index in [1.807, 2.05) is 6.07 Å². The first kappa shape index (κ1) is 17.2. The van der Waals surface area contributed by atoms with Gasteiger partial charge in [-0.2, -0.15) is 5.26 Å². The van der Waals surface area contributed by atoms with E-state index in [1.165, 1.54) is 7.11 Å². The Bertz CT molecular complexity index is 510. The van der Waals surface area contributed by atoms with Crippen LogP contribution in [0.2, 0.25) is 0 Å². The molecule has 3 N–H and O–H groups in total. The van der Waals surface area contributed by atoms with Gasteiger partial charge in [-0.3, -0.25) is 0 Å². The predicted molar refractivity (Wildman–Crippen MR) is 80.6 cm³/mol. The number of nitrogens with zero attached hydrogens (tertiary/aromatic N) is 1. The zero-order valence-corrected chi connectivity index (χ0v) is 12.9. The van der Waals surface area contributed by atoms with Crippen molar-refractivity contribution in [2.75, 3.05) is 51.6 Å². The van der Waals surface area contributed by atoms with Gasteiger partial charge in [-0.05, 0) is 6.42 Å². The molecule has 0 aliphatic rings. The summed E-state index contributed by atoms with van der Waals surface area (Å²) in [4.78, 5) is 11.8. The number of methoxy groups -OCH3 is 2. The SMILES string of the molecule is COCCOCCCNc1sc(C(=O)OC)c(N)c1C#N. The average molecular weight is 313 g/mol. The van der Waals surface area contributed by atoms with E-state index in [0.29, 0.717) is 31.4 Å². The molecule has 0 bridgehead atoms. The van der Waals surface area contributed by atoms with Gasteiger partial charge in [0.25, 0.3) is 0 Å². The number of hydrogen-bond acceptors (Lipinski definition) is 8. The van der Waals surface area contributed by atoms with E-state index < -0.39 is 5.97 Å². The van der Waals surface area contributed by atoms with Gasteiger partial charge in [-0.1, -0.05) is 0 Å². The highest BCUT2D eigenvalue weighted by molar-refractivity contribution is 7.18. The zero-order valence-electron chi connectivity index (χ0n) is 12.1. The number of nitrogen functional groups attached to an aromatic ring is 1. The summed E-state index contributed by atoms with van der Waals surface area (Å²) in [5.74, 6) is -0.537. The van der Waals surface area contributed by atoms with Crippen LogP contribution in [0.25, 0.3) is 0 Å². The molecule has 0 saturated heterocycles. The third-order valence-corrected chi connectivity index (χ3v) is 3.75. The Labute approximate surface area is 127 Å². The van der Waals surface area contributed by atoms with Gasteiger partial charge in [-0.25, -0.2) is 4.79 Å². The minimum atomic E-state index is -0.537. The van der Waals surface area contributed by atoms with Crippen LogP contribution >= 0.6 is 11.3 Å². The smallest absolute Gasteiger partial charge is 0.350 e. The van der Waals surface area contributed by atoms with Crippen LogP contribution in [0.15, 0.2) is 0 Å². The van der Waals surface area contributed by atoms with Crippen molar-refractivity contribution in [2.24, 2.45) is 0 Å². The number of esters is 1. The first-order valence-electron chi connectivity index (χ1n) is 6.36. The molecular formula is C13H19N3O4S. The molecule has 0 aliphatic carbocycles. The maximum atomic E-state index is 11.5. The lowest BCUT2D eigenvalue weighted by atomic mass is 10.2. The summed E-state index contributed by atoms with van der Waals surface area (Å²) >= 11 is 1.12. The molecule has 21 heavy (non-hydrogen) atoms. The maximum Gasteiger partial charge on any atom is 0.350 e. The molecule has 116 valence electrons. The number of ether oxygens (including phenoxy) is 3. The van der Waals surface area contributed by atoms with E-state index in [4.69, 9.17) is 20.5 Å². The van der Waals surface area contributed by atoms with E-state index in [0.717, 1.165) is 17.8 Å². The molecule has 0 saturated carbocycles. The third kappa shape index (κ3) is 4.90. The number of nitriles is 1. The summed E-state index contributed by atoms with van der Waals surface area (Å²) in [5.41, 5.74) is 6.22. The van der Waals surface area contributed by atoms with E-state index in [9.17, 15) is 4.79 Å². The summed E-state index contributed by atoms with van der Waals surface area (Å²) in [6.07, 6.45) is 0.764. The van der Waals surface area contributed by atoms with Gasteiger partial charge in [0.1, 0.15) is 21.5 Å². The highest BCUT2D eigenvalue weighted by Crippen LogP contribution is 2.35. The van der Waals surface area contributed by atoms with Crippen LogP contribution in [0, 0.1) is 11.3 Å². The van der Waals surface area contributed by atoms with Crippen LogP contribution in [-0.2, 0) is 14.2 Å². The van der Waals surface area contributed by atoms with Crippen molar-refractivity contribution in [3.63, 3.8) is 0 Å². The van der Waals surface area contributed by atoms with Crippen molar-refractivity contribution < 1.29 is 19.0 Å². The second-order valence-corrected chi connectivity index (χ2v) is 5.06. The summed E-state index contributed by atoms with van der Waals surface area (Å²) < 4.78 is 14.8. The molecule has 7 nitrogen and oxygen atoms in total. The van der Waals surface area contributed by atoms with E-state index in [-0.39, 0.29) is 16.1 Å². The van der Waals surface area contributed by atoms with Crippen LogP contribution in [0.4, 0.5) is 10.7 Å². The minimum Gasteiger partial charge on any atom is -0.465 e. The van der Waals surface area contributed by atoms with Crippen molar-refractivity contribution in [1.29, 1.82) is 5.26 Å². The van der Waals surface area contributed by atoms with Gasteiger partial charge in [0.05, 0.1) is 26.0 Å².